The Bertz CT molecular complexity index is 760. The van der Waals surface area contributed by atoms with Gasteiger partial charge in [0.1, 0.15) is 5.82 Å². The molecule has 1 aliphatic rings. The lowest BCUT2D eigenvalue weighted by atomic mass is 10.0. The molecule has 0 unspecified atom stereocenters. The Kier molecular flexibility index (Phi) is 4.29. The zero-order chi connectivity index (χ0) is 17.2. The summed E-state index contributed by atoms with van der Waals surface area (Å²) in [4.78, 5) is 12.2. The fourth-order valence-corrected chi connectivity index (χ4v) is 2.69. The van der Waals surface area contributed by atoms with E-state index in [9.17, 15) is 9.18 Å². The highest BCUT2D eigenvalue weighted by atomic mass is 19.1. The second-order valence-electron chi connectivity index (χ2n) is 5.74. The number of rotatable bonds is 5. The molecule has 24 heavy (non-hydrogen) atoms. The molecular weight excluding hydrogens is 311 g/mol. The van der Waals surface area contributed by atoms with Crippen LogP contribution in [-0.4, -0.2) is 20.3 Å². The Morgan fingerprint density at radius 2 is 1.83 bits per heavy atom. The summed E-state index contributed by atoms with van der Waals surface area (Å²) in [6.07, 6.45) is 1.66. The predicted molar refractivity (Wildman–Crippen MR) is 89.0 cm³/mol. The highest BCUT2D eigenvalue weighted by Gasteiger charge is 2.46. The maximum Gasteiger partial charge on any atom is 0.319 e. The molecule has 0 bridgehead atoms. The van der Waals surface area contributed by atoms with Gasteiger partial charge in [-0.2, -0.15) is 0 Å². The van der Waals surface area contributed by atoms with Gasteiger partial charge in [0.25, 0.3) is 0 Å². The topological polar surface area (TPSA) is 59.6 Å². The summed E-state index contributed by atoms with van der Waals surface area (Å²) >= 11 is 0. The zero-order valence-electron chi connectivity index (χ0n) is 13.6. The summed E-state index contributed by atoms with van der Waals surface area (Å²) in [5.41, 5.74) is 0.946. The molecule has 2 N–H and O–H groups in total. The molecule has 2 amide bonds. The van der Waals surface area contributed by atoms with E-state index < -0.39 is 11.4 Å². The van der Waals surface area contributed by atoms with Gasteiger partial charge in [-0.05, 0) is 48.7 Å². The van der Waals surface area contributed by atoms with Gasteiger partial charge in [-0.3, -0.25) is 0 Å². The minimum atomic E-state index is -0.420. The van der Waals surface area contributed by atoms with Crippen molar-refractivity contribution in [3.63, 3.8) is 0 Å². The lowest BCUT2D eigenvalue weighted by molar-refractivity contribution is 0.247. The summed E-state index contributed by atoms with van der Waals surface area (Å²) in [5.74, 6) is 0.865. The van der Waals surface area contributed by atoms with Crippen LogP contribution in [0.5, 0.6) is 11.5 Å². The second-order valence-corrected chi connectivity index (χ2v) is 5.74. The van der Waals surface area contributed by atoms with E-state index >= 15 is 0 Å². The first-order valence-electron chi connectivity index (χ1n) is 7.63. The smallest absolute Gasteiger partial charge is 0.319 e. The number of urea groups is 1. The van der Waals surface area contributed by atoms with Crippen molar-refractivity contribution >= 4 is 11.7 Å². The monoisotopic (exact) mass is 330 g/mol. The molecule has 3 rings (SSSR count). The number of amides is 2. The normalized spacial score (nSPS) is 14.6. The molecule has 1 fully saturated rings. The van der Waals surface area contributed by atoms with E-state index in [2.05, 4.69) is 10.6 Å². The van der Waals surface area contributed by atoms with Gasteiger partial charge in [-0.25, -0.2) is 9.18 Å². The van der Waals surface area contributed by atoms with Crippen molar-refractivity contribution in [3.05, 3.63) is 53.8 Å². The summed E-state index contributed by atoms with van der Waals surface area (Å²) in [6.45, 7) is 0. The van der Waals surface area contributed by atoms with Gasteiger partial charge in [0.2, 0.25) is 0 Å². The number of carbonyl (C=O) groups is 1. The van der Waals surface area contributed by atoms with Gasteiger partial charge < -0.3 is 20.1 Å². The molecule has 0 spiro atoms. The van der Waals surface area contributed by atoms with Crippen molar-refractivity contribution in [2.75, 3.05) is 19.5 Å². The van der Waals surface area contributed by atoms with E-state index in [0.717, 1.165) is 18.4 Å². The van der Waals surface area contributed by atoms with Crippen LogP contribution in [0.15, 0.2) is 42.5 Å². The van der Waals surface area contributed by atoms with Gasteiger partial charge >= 0.3 is 6.03 Å². The van der Waals surface area contributed by atoms with Gasteiger partial charge in [-0.15, -0.1) is 0 Å². The average Bonchev–Trinajstić information content (AvgIpc) is 3.34. The van der Waals surface area contributed by atoms with Gasteiger partial charge in [0, 0.05) is 5.69 Å². The molecule has 0 aromatic heterocycles. The van der Waals surface area contributed by atoms with E-state index in [1.165, 1.54) is 12.1 Å². The maximum atomic E-state index is 13.2. The largest absolute Gasteiger partial charge is 0.493 e. The van der Waals surface area contributed by atoms with Gasteiger partial charge in [-0.1, -0.05) is 12.1 Å². The molecule has 0 aliphatic heterocycles. The summed E-state index contributed by atoms with van der Waals surface area (Å²) in [7, 11) is 3.15. The first-order valence-corrected chi connectivity index (χ1v) is 7.63. The number of anilines is 1. The second kappa shape index (κ2) is 6.39. The minimum absolute atomic E-state index is 0.368. The zero-order valence-corrected chi connectivity index (χ0v) is 13.6. The highest BCUT2D eigenvalue weighted by molar-refractivity contribution is 5.90. The quantitative estimate of drug-likeness (QED) is 0.880. The molecule has 0 atom stereocenters. The van der Waals surface area contributed by atoms with Crippen LogP contribution in [0.25, 0.3) is 0 Å². The van der Waals surface area contributed by atoms with Crippen LogP contribution in [0.4, 0.5) is 14.9 Å². The molecule has 0 heterocycles. The Labute approximate surface area is 139 Å². The predicted octanol–water partition coefficient (Wildman–Crippen LogP) is 3.65. The average molecular weight is 330 g/mol. The third kappa shape index (κ3) is 3.27. The molecule has 6 heteroatoms. The molecule has 0 saturated heterocycles. The Morgan fingerprint density at radius 3 is 2.46 bits per heavy atom. The molecule has 1 aliphatic carbocycles. The van der Waals surface area contributed by atoms with Gasteiger partial charge in [0.05, 0.1) is 19.8 Å². The standard InChI is InChI=1S/C18H19FN2O3/c1-23-15-7-6-12(10-16(15)24-2)18(8-9-18)21-17(22)20-14-5-3-4-13(19)11-14/h3-7,10-11H,8-9H2,1-2H3,(H2,20,21,22). The number of nitrogens with one attached hydrogen (secondary N) is 2. The van der Waals surface area contributed by atoms with Crippen molar-refractivity contribution in [1.29, 1.82) is 0 Å². The first kappa shape index (κ1) is 16.1. The summed E-state index contributed by atoms with van der Waals surface area (Å²) < 4.78 is 23.7. The molecule has 2 aromatic carbocycles. The van der Waals surface area contributed by atoms with E-state index in [0.29, 0.717) is 17.2 Å². The number of ether oxygens (including phenoxy) is 2. The Balaban J connectivity index is 1.73. The van der Waals surface area contributed by atoms with Crippen molar-refractivity contribution in [2.45, 2.75) is 18.4 Å². The summed E-state index contributed by atoms with van der Waals surface area (Å²) in [6, 6.07) is 11.0. The molecule has 0 radical (unpaired) electrons. The molecule has 5 nitrogen and oxygen atoms in total. The lowest BCUT2D eigenvalue weighted by Crippen LogP contribution is -2.38. The van der Waals surface area contributed by atoms with Crippen LogP contribution in [0.1, 0.15) is 18.4 Å². The van der Waals surface area contributed by atoms with Crippen LogP contribution in [-0.2, 0) is 5.54 Å². The van der Waals surface area contributed by atoms with Crippen molar-refractivity contribution in [1.82, 2.24) is 5.32 Å². The third-order valence-corrected chi connectivity index (χ3v) is 4.12. The maximum absolute atomic E-state index is 13.2. The third-order valence-electron chi connectivity index (χ3n) is 4.12. The number of benzene rings is 2. The van der Waals surface area contributed by atoms with Crippen molar-refractivity contribution < 1.29 is 18.7 Å². The Hall–Kier alpha value is -2.76. The van der Waals surface area contributed by atoms with E-state index in [-0.39, 0.29) is 6.03 Å². The van der Waals surface area contributed by atoms with Crippen LogP contribution >= 0.6 is 0 Å². The first-order chi connectivity index (χ1) is 11.6. The van der Waals surface area contributed by atoms with Crippen molar-refractivity contribution in [2.24, 2.45) is 0 Å². The van der Waals surface area contributed by atoms with Crippen LogP contribution in [0.3, 0.4) is 0 Å². The van der Waals surface area contributed by atoms with Gasteiger partial charge in [0.15, 0.2) is 11.5 Å². The van der Waals surface area contributed by atoms with Crippen LogP contribution in [0.2, 0.25) is 0 Å². The fraction of sp³-hybridized carbons (Fsp3) is 0.278. The highest BCUT2D eigenvalue weighted by Crippen LogP contribution is 2.47. The SMILES string of the molecule is COc1ccc(C2(NC(=O)Nc3cccc(F)c3)CC2)cc1OC. The molecule has 126 valence electrons. The Morgan fingerprint density at radius 1 is 1.08 bits per heavy atom. The fourth-order valence-electron chi connectivity index (χ4n) is 2.69. The van der Waals surface area contributed by atoms with E-state index in [4.69, 9.17) is 9.47 Å². The number of methoxy groups -OCH3 is 2. The van der Waals surface area contributed by atoms with E-state index in [1.807, 2.05) is 18.2 Å². The number of hydrogen-bond donors (Lipinski definition) is 2. The van der Waals surface area contributed by atoms with E-state index in [1.54, 1.807) is 26.4 Å². The van der Waals surface area contributed by atoms with Crippen LogP contribution in [0, 0.1) is 5.82 Å². The number of hydrogen-bond acceptors (Lipinski definition) is 3. The van der Waals surface area contributed by atoms with Crippen molar-refractivity contribution in [3.8, 4) is 11.5 Å². The lowest BCUT2D eigenvalue weighted by Gasteiger charge is -2.20. The molecule has 1 saturated carbocycles. The molecule has 2 aromatic rings. The van der Waals surface area contributed by atoms with Crippen LogP contribution < -0.4 is 20.1 Å². The summed E-state index contributed by atoms with van der Waals surface area (Å²) in [5, 5.41) is 5.63. The minimum Gasteiger partial charge on any atom is -0.493 e. The number of carbonyl (C=O) groups excluding carboxylic acids is 1. The number of halogens is 1. The molecular formula is C18H19FN2O3.